The van der Waals surface area contributed by atoms with Crippen molar-refractivity contribution in [2.24, 2.45) is 0 Å². The standard InChI is InChI=1S/C12H18N2OS/c1-3-14-7-5-4-6-10(14)12-13-8-11(16-12)9(2)15/h8,10H,3-7H2,1-2H3. The highest BCUT2D eigenvalue weighted by Gasteiger charge is 2.25. The van der Waals surface area contributed by atoms with Crippen molar-refractivity contribution in [1.29, 1.82) is 0 Å². The number of hydrogen-bond donors (Lipinski definition) is 0. The van der Waals surface area contributed by atoms with E-state index in [0.29, 0.717) is 6.04 Å². The molecule has 1 aliphatic heterocycles. The van der Waals surface area contributed by atoms with E-state index in [-0.39, 0.29) is 5.78 Å². The Balaban J connectivity index is 2.17. The molecule has 0 N–H and O–H groups in total. The van der Waals surface area contributed by atoms with Crippen LogP contribution in [-0.4, -0.2) is 28.8 Å². The summed E-state index contributed by atoms with van der Waals surface area (Å²) in [5.74, 6) is 0.127. The van der Waals surface area contributed by atoms with E-state index >= 15 is 0 Å². The van der Waals surface area contributed by atoms with Gasteiger partial charge in [0.25, 0.3) is 0 Å². The number of likely N-dealkylation sites (tertiary alicyclic amines) is 1. The Hall–Kier alpha value is -0.740. The first-order chi connectivity index (χ1) is 7.72. The fourth-order valence-electron chi connectivity index (χ4n) is 2.25. The quantitative estimate of drug-likeness (QED) is 0.759. The highest BCUT2D eigenvalue weighted by molar-refractivity contribution is 7.13. The molecule has 1 aromatic rings. The summed E-state index contributed by atoms with van der Waals surface area (Å²) in [6.45, 7) is 6.03. The summed E-state index contributed by atoms with van der Waals surface area (Å²) in [6.07, 6.45) is 5.47. The third kappa shape index (κ3) is 2.33. The van der Waals surface area contributed by atoms with Crippen LogP contribution in [0.15, 0.2) is 6.20 Å². The molecule has 0 saturated carbocycles. The number of carbonyl (C=O) groups excluding carboxylic acids is 1. The topological polar surface area (TPSA) is 33.2 Å². The number of aromatic nitrogens is 1. The molecule has 3 nitrogen and oxygen atoms in total. The van der Waals surface area contributed by atoms with Crippen LogP contribution < -0.4 is 0 Å². The molecule has 16 heavy (non-hydrogen) atoms. The number of hydrogen-bond acceptors (Lipinski definition) is 4. The van der Waals surface area contributed by atoms with Crippen LogP contribution in [0.3, 0.4) is 0 Å². The van der Waals surface area contributed by atoms with Crippen LogP contribution >= 0.6 is 11.3 Å². The molecule has 0 aromatic carbocycles. The molecule has 1 saturated heterocycles. The summed E-state index contributed by atoms with van der Waals surface area (Å²) in [5, 5.41) is 1.12. The molecule has 4 heteroatoms. The first kappa shape index (κ1) is 11.7. The van der Waals surface area contributed by atoms with Gasteiger partial charge in [0.1, 0.15) is 5.01 Å². The van der Waals surface area contributed by atoms with Crippen LogP contribution in [0.5, 0.6) is 0 Å². The summed E-state index contributed by atoms with van der Waals surface area (Å²) in [6, 6.07) is 0.442. The van der Waals surface area contributed by atoms with E-state index < -0.39 is 0 Å². The van der Waals surface area contributed by atoms with Gasteiger partial charge in [-0.05, 0) is 25.9 Å². The van der Waals surface area contributed by atoms with E-state index in [1.807, 2.05) is 0 Å². The van der Waals surface area contributed by atoms with Crippen LogP contribution in [0.25, 0.3) is 0 Å². The van der Waals surface area contributed by atoms with E-state index in [1.54, 1.807) is 24.5 Å². The van der Waals surface area contributed by atoms with E-state index in [2.05, 4.69) is 16.8 Å². The van der Waals surface area contributed by atoms with Gasteiger partial charge in [0.2, 0.25) is 0 Å². The molecule has 0 radical (unpaired) electrons. The Labute approximate surface area is 100 Å². The molecular weight excluding hydrogens is 220 g/mol. The molecular formula is C12H18N2OS. The number of Topliss-reactive ketones (excluding diaryl/α,β-unsaturated/α-hetero) is 1. The minimum absolute atomic E-state index is 0.127. The minimum atomic E-state index is 0.127. The summed E-state index contributed by atoms with van der Waals surface area (Å²) in [4.78, 5) is 18.9. The summed E-state index contributed by atoms with van der Waals surface area (Å²) >= 11 is 1.56. The predicted molar refractivity (Wildman–Crippen MR) is 66.0 cm³/mol. The Kier molecular flexibility index (Phi) is 3.71. The van der Waals surface area contributed by atoms with Crippen molar-refractivity contribution in [1.82, 2.24) is 9.88 Å². The third-order valence-corrected chi connectivity index (χ3v) is 4.37. The molecule has 0 bridgehead atoms. The van der Waals surface area contributed by atoms with Gasteiger partial charge in [-0.3, -0.25) is 9.69 Å². The number of thiazole rings is 1. The number of nitrogens with zero attached hydrogens (tertiary/aromatic N) is 2. The zero-order chi connectivity index (χ0) is 11.5. The van der Waals surface area contributed by atoms with Crippen molar-refractivity contribution < 1.29 is 4.79 Å². The average molecular weight is 238 g/mol. The van der Waals surface area contributed by atoms with Crippen molar-refractivity contribution in [2.75, 3.05) is 13.1 Å². The van der Waals surface area contributed by atoms with Crippen LogP contribution in [0.1, 0.15) is 53.8 Å². The lowest BCUT2D eigenvalue weighted by atomic mass is 10.0. The normalized spacial score (nSPS) is 22.2. The molecule has 1 fully saturated rings. The van der Waals surface area contributed by atoms with Crippen molar-refractivity contribution in [3.63, 3.8) is 0 Å². The maximum Gasteiger partial charge on any atom is 0.171 e. The lowest BCUT2D eigenvalue weighted by molar-refractivity contribution is 0.102. The number of carbonyl (C=O) groups is 1. The van der Waals surface area contributed by atoms with Gasteiger partial charge < -0.3 is 0 Å². The average Bonchev–Trinajstić information content (AvgIpc) is 2.78. The van der Waals surface area contributed by atoms with Crippen molar-refractivity contribution in [3.8, 4) is 0 Å². The Bertz CT molecular complexity index is 375. The highest BCUT2D eigenvalue weighted by Crippen LogP contribution is 2.32. The summed E-state index contributed by atoms with van der Waals surface area (Å²) in [7, 11) is 0. The highest BCUT2D eigenvalue weighted by atomic mass is 32.1. The van der Waals surface area contributed by atoms with Crippen molar-refractivity contribution in [3.05, 3.63) is 16.1 Å². The number of rotatable bonds is 3. The van der Waals surface area contributed by atoms with Crippen LogP contribution in [0.4, 0.5) is 0 Å². The molecule has 2 heterocycles. The van der Waals surface area contributed by atoms with Gasteiger partial charge in [-0.15, -0.1) is 11.3 Å². The smallest absolute Gasteiger partial charge is 0.171 e. The van der Waals surface area contributed by atoms with Gasteiger partial charge in [0, 0.05) is 13.1 Å². The van der Waals surface area contributed by atoms with Gasteiger partial charge in [-0.2, -0.15) is 0 Å². The predicted octanol–water partition coefficient (Wildman–Crippen LogP) is 2.89. The minimum Gasteiger partial charge on any atom is -0.294 e. The molecule has 1 atom stereocenters. The van der Waals surface area contributed by atoms with E-state index in [9.17, 15) is 4.79 Å². The number of ketones is 1. The molecule has 1 aromatic heterocycles. The van der Waals surface area contributed by atoms with Gasteiger partial charge in [0.15, 0.2) is 5.78 Å². The monoisotopic (exact) mass is 238 g/mol. The van der Waals surface area contributed by atoms with Crippen molar-refractivity contribution in [2.45, 2.75) is 39.2 Å². The number of piperidine rings is 1. The third-order valence-electron chi connectivity index (χ3n) is 3.18. The van der Waals surface area contributed by atoms with E-state index in [1.165, 1.54) is 19.3 Å². The van der Waals surface area contributed by atoms with E-state index in [0.717, 1.165) is 23.0 Å². The molecule has 0 spiro atoms. The Morgan fingerprint density at radius 2 is 2.44 bits per heavy atom. The van der Waals surface area contributed by atoms with Crippen LogP contribution in [0.2, 0.25) is 0 Å². The van der Waals surface area contributed by atoms with Gasteiger partial charge in [-0.25, -0.2) is 4.98 Å². The molecule has 0 amide bonds. The lowest BCUT2D eigenvalue weighted by Gasteiger charge is -2.33. The first-order valence-corrected chi connectivity index (χ1v) is 6.74. The molecule has 1 unspecified atom stereocenters. The van der Waals surface area contributed by atoms with Gasteiger partial charge in [0.05, 0.1) is 10.9 Å². The summed E-state index contributed by atoms with van der Waals surface area (Å²) < 4.78 is 0. The van der Waals surface area contributed by atoms with Gasteiger partial charge in [-0.1, -0.05) is 13.3 Å². The molecule has 88 valence electrons. The maximum absolute atomic E-state index is 11.2. The Morgan fingerprint density at radius 3 is 3.06 bits per heavy atom. The van der Waals surface area contributed by atoms with Crippen LogP contribution in [0, 0.1) is 0 Å². The first-order valence-electron chi connectivity index (χ1n) is 5.93. The van der Waals surface area contributed by atoms with Gasteiger partial charge >= 0.3 is 0 Å². The molecule has 1 aliphatic rings. The van der Waals surface area contributed by atoms with Crippen LogP contribution in [-0.2, 0) is 0 Å². The second kappa shape index (κ2) is 5.06. The summed E-state index contributed by atoms with van der Waals surface area (Å²) in [5.41, 5.74) is 0. The van der Waals surface area contributed by atoms with E-state index in [4.69, 9.17) is 0 Å². The second-order valence-corrected chi connectivity index (χ2v) is 5.32. The molecule has 2 rings (SSSR count). The second-order valence-electron chi connectivity index (χ2n) is 4.26. The largest absolute Gasteiger partial charge is 0.294 e. The fraction of sp³-hybridized carbons (Fsp3) is 0.667. The maximum atomic E-state index is 11.2. The Morgan fingerprint density at radius 1 is 1.62 bits per heavy atom. The van der Waals surface area contributed by atoms with Crippen molar-refractivity contribution >= 4 is 17.1 Å². The fourth-order valence-corrected chi connectivity index (χ4v) is 3.24. The zero-order valence-electron chi connectivity index (χ0n) is 9.90. The zero-order valence-corrected chi connectivity index (χ0v) is 10.7. The molecule has 0 aliphatic carbocycles. The lowest BCUT2D eigenvalue weighted by Crippen LogP contribution is -2.32. The SMILES string of the molecule is CCN1CCCCC1c1ncc(C(C)=O)s1.